The Balaban J connectivity index is 1.59. The second-order valence-corrected chi connectivity index (χ2v) is 8.69. The quantitative estimate of drug-likeness (QED) is 0.490. The van der Waals surface area contributed by atoms with Crippen molar-refractivity contribution in [2.75, 3.05) is 41.3 Å². The van der Waals surface area contributed by atoms with Gasteiger partial charge in [0.1, 0.15) is 5.75 Å². The third-order valence-electron chi connectivity index (χ3n) is 6.34. The number of para-hydroxylation sites is 1. The molecule has 2 N–H and O–H groups in total. The average Bonchev–Trinajstić information content (AvgIpc) is 3.30. The lowest BCUT2D eigenvalue weighted by Gasteiger charge is -2.32. The van der Waals surface area contributed by atoms with E-state index in [2.05, 4.69) is 39.9 Å². The minimum Gasteiger partial charge on any atom is -0.496 e. The second kappa shape index (κ2) is 11.0. The van der Waals surface area contributed by atoms with Crippen LogP contribution in [-0.2, 0) is 11.8 Å². The Morgan fingerprint density at radius 3 is 2.53 bits per heavy atom. The van der Waals surface area contributed by atoms with Crippen LogP contribution in [0.2, 0.25) is 0 Å². The molecule has 1 amide bonds. The van der Waals surface area contributed by atoms with Gasteiger partial charge in [-0.3, -0.25) is 9.79 Å². The number of methoxy groups -OCH3 is 1. The maximum Gasteiger partial charge on any atom is 0.253 e. The number of benzene rings is 2. The van der Waals surface area contributed by atoms with Gasteiger partial charge in [-0.25, -0.2) is 0 Å². The van der Waals surface area contributed by atoms with Crippen LogP contribution in [0.3, 0.4) is 0 Å². The molecule has 0 radical (unpaired) electrons. The number of ether oxygens (including phenoxy) is 1. The van der Waals surface area contributed by atoms with Crippen molar-refractivity contribution >= 4 is 11.9 Å². The summed E-state index contributed by atoms with van der Waals surface area (Å²) < 4.78 is 5.67. The lowest BCUT2D eigenvalue weighted by Crippen LogP contribution is -2.45. The van der Waals surface area contributed by atoms with E-state index in [9.17, 15) is 4.79 Å². The van der Waals surface area contributed by atoms with Crippen molar-refractivity contribution in [2.24, 2.45) is 4.99 Å². The summed E-state index contributed by atoms with van der Waals surface area (Å²) in [6.07, 6.45) is 5.56. The third-order valence-corrected chi connectivity index (χ3v) is 6.34. The molecular formula is C26H36N4O2. The van der Waals surface area contributed by atoms with Gasteiger partial charge in [-0.05, 0) is 43.0 Å². The molecule has 0 bridgehead atoms. The molecule has 0 saturated heterocycles. The number of amides is 1. The van der Waals surface area contributed by atoms with E-state index in [4.69, 9.17) is 4.74 Å². The van der Waals surface area contributed by atoms with Crippen LogP contribution in [0, 0.1) is 0 Å². The molecule has 3 rings (SSSR count). The lowest BCUT2D eigenvalue weighted by molar-refractivity contribution is 0.0827. The van der Waals surface area contributed by atoms with Gasteiger partial charge in [-0.15, -0.1) is 0 Å². The number of aliphatic imine (C=N–C) groups is 1. The third kappa shape index (κ3) is 5.61. The van der Waals surface area contributed by atoms with E-state index in [0.717, 1.165) is 55.2 Å². The highest BCUT2D eigenvalue weighted by Crippen LogP contribution is 2.44. The van der Waals surface area contributed by atoms with E-state index >= 15 is 0 Å². The number of guanidine groups is 1. The van der Waals surface area contributed by atoms with Gasteiger partial charge in [-0.2, -0.15) is 0 Å². The predicted molar refractivity (Wildman–Crippen MR) is 131 cm³/mol. The van der Waals surface area contributed by atoms with E-state index in [-0.39, 0.29) is 11.3 Å². The molecule has 0 unspecified atom stereocenters. The van der Waals surface area contributed by atoms with Crippen molar-refractivity contribution in [1.29, 1.82) is 0 Å². The summed E-state index contributed by atoms with van der Waals surface area (Å²) in [6, 6.07) is 16.2. The Hall–Kier alpha value is -3.02. The maximum absolute atomic E-state index is 12.2. The van der Waals surface area contributed by atoms with Gasteiger partial charge in [-0.1, -0.05) is 43.2 Å². The molecule has 1 aliphatic rings. The molecule has 0 aromatic heterocycles. The molecule has 2 aromatic carbocycles. The molecule has 0 atom stereocenters. The molecule has 1 fully saturated rings. The van der Waals surface area contributed by atoms with Crippen molar-refractivity contribution in [3.63, 3.8) is 0 Å². The van der Waals surface area contributed by atoms with Crippen LogP contribution in [0.4, 0.5) is 0 Å². The minimum absolute atomic E-state index is 0.0236. The number of nitrogens with one attached hydrogen (secondary N) is 2. The van der Waals surface area contributed by atoms with Crippen molar-refractivity contribution in [3.05, 3.63) is 65.2 Å². The zero-order chi connectivity index (χ0) is 23.0. The highest BCUT2D eigenvalue weighted by atomic mass is 16.5. The van der Waals surface area contributed by atoms with Crippen LogP contribution in [0.5, 0.6) is 5.75 Å². The van der Waals surface area contributed by atoms with E-state index in [1.54, 1.807) is 33.2 Å². The Morgan fingerprint density at radius 2 is 1.84 bits per heavy atom. The number of carbonyl (C=O) groups is 1. The smallest absolute Gasteiger partial charge is 0.253 e. The van der Waals surface area contributed by atoms with E-state index in [1.807, 2.05) is 24.3 Å². The van der Waals surface area contributed by atoms with Gasteiger partial charge in [0.05, 0.1) is 7.11 Å². The number of nitrogens with zero attached hydrogens (tertiary/aromatic N) is 2. The van der Waals surface area contributed by atoms with Gasteiger partial charge >= 0.3 is 0 Å². The molecule has 172 valence electrons. The van der Waals surface area contributed by atoms with Crippen molar-refractivity contribution in [2.45, 2.75) is 37.5 Å². The average molecular weight is 437 g/mol. The zero-order valence-corrected chi connectivity index (χ0v) is 19.8. The number of hydrogen-bond donors (Lipinski definition) is 2. The Labute approximate surface area is 192 Å². The lowest BCUT2D eigenvalue weighted by atomic mass is 9.78. The fourth-order valence-corrected chi connectivity index (χ4v) is 4.59. The summed E-state index contributed by atoms with van der Waals surface area (Å²) in [6.45, 7) is 1.56. The number of hydrogen-bond acceptors (Lipinski definition) is 3. The number of rotatable bonds is 8. The van der Waals surface area contributed by atoms with Crippen LogP contribution < -0.4 is 15.4 Å². The van der Waals surface area contributed by atoms with E-state index in [1.165, 1.54) is 18.4 Å². The highest BCUT2D eigenvalue weighted by molar-refractivity contribution is 5.94. The first kappa shape index (κ1) is 23.6. The van der Waals surface area contributed by atoms with Gasteiger partial charge < -0.3 is 20.3 Å². The monoisotopic (exact) mass is 436 g/mol. The molecule has 0 aliphatic heterocycles. The summed E-state index contributed by atoms with van der Waals surface area (Å²) in [7, 11) is 7.09. The summed E-state index contributed by atoms with van der Waals surface area (Å²) in [5.41, 5.74) is 3.19. The van der Waals surface area contributed by atoms with Crippen LogP contribution in [0.15, 0.2) is 53.5 Å². The normalized spacial score (nSPS) is 15.3. The van der Waals surface area contributed by atoms with E-state index < -0.39 is 0 Å². The zero-order valence-electron chi connectivity index (χ0n) is 19.8. The first-order valence-corrected chi connectivity index (χ1v) is 11.4. The van der Waals surface area contributed by atoms with Crippen LogP contribution in [0.1, 0.15) is 47.2 Å². The molecule has 0 heterocycles. The Morgan fingerprint density at radius 1 is 1.09 bits per heavy atom. The Kier molecular flexibility index (Phi) is 8.14. The Bertz CT molecular complexity index is 933. The molecule has 6 nitrogen and oxygen atoms in total. The summed E-state index contributed by atoms with van der Waals surface area (Å²) in [5, 5.41) is 6.98. The van der Waals surface area contributed by atoms with Gasteiger partial charge in [0.25, 0.3) is 5.91 Å². The van der Waals surface area contributed by atoms with Crippen LogP contribution >= 0.6 is 0 Å². The molecular weight excluding hydrogens is 400 g/mol. The first-order chi connectivity index (χ1) is 15.5. The van der Waals surface area contributed by atoms with Crippen LogP contribution in [-0.4, -0.2) is 58.1 Å². The first-order valence-electron chi connectivity index (χ1n) is 11.4. The summed E-state index contributed by atoms with van der Waals surface area (Å²) in [5.74, 6) is 1.79. The molecule has 1 aliphatic carbocycles. The molecule has 6 heteroatoms. The van der Waals surface area contributed by atoms with Crippen molar-refractivity contribution < 1.29 is 9.53 Å². The van der Waals surface area contributed by atoms with Crippen LogP contribution in [0.25, 0.3) is 0 Å². The predicted octanol–water partition coefficient (Wildman–Crippen LogP) is 3.62. The van der Waals surface area contributed by atoms with Gasteiger partial charge in [0.2, 0.25) is 0 Å². The molecule has 0 spiro atoms. The SMILES string of the molecule is CN=C(NCCc1cccc(C(=O)N(C)C)c1)NCC1(c2ccccc2OC)CCCC1. The number of carbonyl (C=O) groups excluding carboxylic acids is 1. The fourth-order valence-electron chi connectivity index (χ4n) is 4.59. The minimum atomic E-state index is 0.0236. The summed E-state index contributed by atoms with van der Waals surface area (Å²) in [4.78, 5) is 18.2. The fraction of sp³-hybridized carbons (Fsp3) is 0.462. The molecule has 2 aromatic rings. The largest absolute Gasteiger partial charge is 0.496 e. The highest BCUT2D eigenvalue weighted by Gasteiger charge is 2.37. The van der Waals surface area contributed by atoms with Crippen molar-refractivity contribution in [1.82, 2.24) is 15.5 Å². The standard InChI is InChI=1S/C26H36N4O2/c1-27-25(28-17-14-20-10-9-11-21(18-20)24(31)30(2)3)29-19-26(15-7-8-16-26)22-12-5-6-13-23(22)32-4/h5-6,9-13,18H,7-8,14-17,19H2,1-4H3,(H2,27,28,29). The molecule has 1 saturated carbocycles. The molecule has 32 heavy (non-hydrogen) atoms. The van der Waals surface area contributed by atoms with Gasteiger partial charge in [0, 0.05) is 50.8 Å². The van der Waals surface area contributed by atoms with Gasteiger partial charge in [0.15, 0.2) is 5.96 Å². The van der Waals surface area contributed by atoms with E-state index in [0.29, 0.717) is 0 Å². The second-order valence-electron chi connectivity index (χ2n) is 8.69. The maximum atomic E-state index is 12.2. The summed E-state index contributed by atoms with van der Waals surface area (Å²) >= 11 is 0. The van der Waals surface area contributed by atoms with Crippen molar-refractivity contribution in [3.8, 4) is 5.75 Å². The topological polar surface area (TPSA) is 66.0 Å².